The van der Waals surface area contributed by atoms with Crippen LogP contribution in [0, 0.1) is 5.92 Å². The molecule has 1 aromatic carbocycles. The fourth-order valence-electron chi connectivity index (χ4n) is 3.83. The number of para-hydroxylation sites is 2. The number of carbonyl (C=O) groups is 1. The van der Waals surface area contributed by atoms with Crippen molar-refractivity contribution in [3.63, 3.8) is 0 Å². The number of aromatic nitrogens is 3. The second-order valence-electron chi connectivity index (χ2n) is 7.61. The Morgan fingerprint density at radius 2 is 2.19 bits per heavy atom. The van der Waals surface area contributed by atoms with Crippen LogP contribution in [-0.2, 0) is 6.42 Å². The van der Waals surface area contributed by atoms with E-state index in [1.165, 1.54) is 0 Å². The fourth-order valence-corrected chi connectivity index (χ4v) is 3.83. The zero-order chi connectivity index (χ0) is 21.5. The molecule has 0 spiro atoms. The molecular weight excluding hydrogens is 394 g/mol. The largest absolute Gasteiger partial charge is 0.492 e. The van der Waals surface area contributed by atoms with Crippen LogP contribution in [0.5, 0.6) is 5.75 Å². The van der Waals surface area contributed by atoms with Crippen LogP contribution in [0.1, 0.15) is 32.0 Å². The summed E-state index contributed by atoms with van der Waals surface area (Å²) in [5.41, 5.74) is 1.51. The molecule has 4 rings (SSSR count). The van der Waals surface area contributed by atoms with E-state index in [1.807, 2.05) is 48.2 Å². The van der Waals surface area contributed by atoms with E-state index in [2.05, 4.69) is 20.4 Å². The second-order valence-corrected chi connectivity index (χ2v) is 7.61. The monoisotopic (exact) mass is 421 g/mol. The van der Waals surface area contributed by atoms with Gasteiger partial charge in [-0.2, -0.15) is 4.98 Å². The van der Waals surface area contributed by atoms with Crippen molar-refractivity contribution in [2.75, 3.05) is 25.0 Å². The quantitative estimate of drug-likeness (QED) is 0.607. The molecule has 0 radical (unpaired) electrons. The van der Waals surface area contributed by atoms with E-state index in [4.69, 9.17) is 9.26 Å². The predicted octanol–water partition coefficient (Wildman–Crippen LogP) is 4.41. The number of urea groups is 1. The summed E-state index contributed by atoms with van der Waals surface area (Å²) < 4.78 is 11.0. The lowest BCUT2D eigenvalue weighted by Gasteiger charge is -2.32. The van der Waals surface area contributed by atoms with E-state index in [1.54, 1.807) is 12.4 Å². The molecule has 1 fully saturated rings. The summed E-state index contributed by atoms with van der Waals surface area (Å²) in [4.78, 5) is 23.3. The number of hydrogen-bond acceptors (Lipinski definition) is 6. The number of carbonyl (C=O) groups excluding carboxylic acids is 1. The molecule has 1 N–H and O–H groups in total. The normalized spacial score (nSPS) is 16.2. The number of nitrogens with zero attached hydrogens (tertiary/aromatic N) is 4. The first-order valence-electron chi connectivity index (χ1n) is 10.7. The summed E-state index contributed by atoms with van der Waals surface area (Å²) in [5.74, 6) is 2.27. The number of likely N-dealkylation sites (tertiary alicyclic amines) is 1. The SMILES string of the molecule is CCOc1ccccc1NC(=O)N1CCCC(CCc2noc(-c3cccnc3)n2)C1. The number of anilines is 1. The van der Waals surface area contributed by atoms with E-state index >= 15 is 0 Å². The Bertz CT molecular complexity index is 992. The van der Waals surface area contributed by atoms with E-state index in [-0.39, 0.29) is 6.03 Å². The molecule has 2 amide bonds. The Morgan fingerprint density at radius 1 is 1.29 bits per heavy atom. The number of pyridine rings is 1. The fraction of sp³-hybridized carbons (Fsp3) is 0.391. The number of piperidine rings is 1. The van der Waals surface area contributed by atoms with Gasteiger partial charge in [0.05, 0.1) is 17.9 Å². The summed E-state index contributed by atoms with van der Waals surface area (Å²) in [6.45, 7) is 3.96. The lowest BCUT2D eigenvalue weighted by molar-refractivity contribution is 0.173. The van der Waals surface area contributed by atoms with Crippen LogP contribution in [0.2, 0.25) is 0 Å². The molecule has 1 aliphatic heterocycles. The van der Waals surface area contributed by atoms with Crippen LogP contribution in [0.25, 0.3) is 11.5 Å². The van der Waals surface area contributed by atoms with Gasteiger partial charge >= 0.3 is 6.03 Å². The first-order chi connectivity index (χ1) is 15.2. The first kappa shape index (κ1) is 20.8. The average molecular weight is 422 g/mol. The molecule has 0 saturated carbocycles. The number of amides is 2. The molecule has 1 atom stereocenters. The maximum absolute atomic E-state index is 12.8. The van der Waals surface area contributed by atoms with Crippen molar-refractivity contribution in [3.8, 4) is 17.2 Å². The van der Waals surface area contributed by atoms with Crippen LogP contribution in [0.15, 0.2) is 53.3 Å². The smallest absolute Gasteiger partial charge is 0.321 e. The van der Waals surface area contributed by atoms with Crippen LogP contribution in [-0.4, -0.2) is 45.8 Å². The molecule has 1 aliphatic rings. The van der Waals surface area contributed by atoms with Crippen LogP contribution < -0.4 is 10.1 Å². The number of rotatable bonds is 7. The zero-order valence-electron chi connectivity index (χ0n) is 17.7. The molecular formula is C23H27N5O3. The minimum absolute atomic E-state index is 0.0877. The predicted molar refractivity (Wildman–Crippen MR) is 117 cm³/mol. The highest BCUT2D eigenvalue weighted by atomic mass is 16.5. The molecule has 3 heterocycles. The van der Waals surface area contributed by atoms with E-state index in [9.17, 15) is 4.79 Å². The molecule has 0 aliphatic carbocycles. The molecule has 162 valence electrons. The lowest BCUT2D eigenvalue weighted by Crippen LogP contribution is -2.42. The van der Waals surface area contributed by atoms with Gasteiger partial charge in [0, 0.05) is 31.9 Å². The Balaban J connectivity index is 1.31. The first-order valence-corrected chi connectivity index (χ1v) is 10.7. The van der Waals surface area contributed by atoms with Gasteiger partial charge in [-0.05, 0) is 56.4 Å². The summed E-state index contributed by atoms with van der Waals surface area (Å²) in [5, 5.41) is 7.09. The maximum Gasteiger partial charge on any atom is 0.321 e. The van der Waals surface area contributed by atoms with Crippen LogP contribution in [0.3, 0.4) is 0 Å². The van der Waals surface area contributed by atoms with Crippen molar-refractivity contribution in [1.82, 2.24) is 20.0 Å². The van der Waals surface area contributed by atoms with Gasteiger partial charge in [0.25, 0.3) is 5.89 Å². The highest BCUT2D eigenvalue weighted by Gasteiger charge is 2.24. The Kier molecular flexibility index (Phi) is 6.76. The van der Waals surface area contributed by atoms with Crippen molar-refractivity contribution >= 4 is 11.7 Å². The number of aryl methyl sites for hydroxylation is 1. The van der Waals surface area contributed by atoms with Gasteiger partial charge in [0.2, 0.25) is 0 Å². The van der Waals surface area contributed by atoms with Gasteiger partial charge in [-0.25, -0.2) is 4.79 Å². The lowest BCUT2D eigenvalue weighted by atomic mass is 9.93. The minimum atomic E-state index is -0.0877. The second kappa shape index (κ2) is 10.1. The van der Waals surface area contributed by atoms with Crippen molar-refractivity contribution in [1.29, 1.82) is 0 Å². The molecule has 31 heavy (non-hydrogen) atoms. The van der Waals surface area contributed by atoms with Crippen LogP contribution in [0.4, 0.5) is 10.5 Å². The van der Waals surface area contributed by atoms with Gasteiger partial charge < -0.3 is 19.5 Å². The topological polar surface area (TPSA) is 93.4 Å². The number of nitrogens with one attached hydrogen (secondary N) is 1. The summed E-state index contributed by atoms with van der Waals surface area (Å²) >= 11 is 0. The Hall–Kier alpha value is -3.42. The van der Waals surface area contributed by atoms with E-state index in [0.717, 1.165) is 44.3 Å². The van der Waals surface area contributed by atoms with Crippen molar-refractivity contribution in [3.05, 3.63) is 54.6 Å². The summed E-state index contributed by atoms with van der Waals surface area (Å²) in [6, 6.07) is 11.2. The number of benzene rings is 1. The molecule has 2 aromatic heterocycles. The molecule has 1 saturated heterocycles. The summed E-state index contributed by atoms with van der Waals surface area (Å²) in [6.07, 6.45) is 7.12. The molecule has 1 unspecified atom stereocenters. The third kappa shape index (κ3) is 5.39. The highest BCUT2D eigenvalue weighted by Crippen LogP contribution is 2.26. The molecule has 0 bridgehead atoms. The third-order valence-corrected chi connectivity index (χ3v) is 5.39. The van der Waals surface area contributed by atoms with E-state index in [0.29, 0.717) is 35.7 Å². The number of hydrogen-bond donors (Lipinski definition) is 1. The maximum atomic E-state index is 12.8. The molecule has 8 heteroatoms. The minimum Gasteiger partial charge on any atom is -0.492 e. The van der Waals surface area contributed by atoms with E-state index < -0.39 is 0 Å². The summed E-state index contributed by atoms with van der Waals surface area (Å²) in [7, 11) is 0. The van der Waals surface area contributed by atoms with Gasteiger partial charge in [-0.1, -0.05) is 17.3 Å². The standard InChI is InChI=1S/C23H27N5O3/c1-2-30-20-10-4-3-9-19(20)25-23(29)28-14-6-7-17(16-28)11-12-21-26-22(31-27-21)18-8-5-13-24-15-18/h3-5,8-10,13,15,17H,2,6-7,11-12,14,16H2,1H3,(H,25,29). The van der Waals surface area contributed by atoms with Gasteiger partial charge in [0.15, 0.2) is 5.82 Å². The van der Waals surface area contributed by atoms with Crippen molar-refractivity contribution in [2.45, 2.75) is 32.6 Å². The van der Waals surface area contributed by atoms with Gasteiger partial charge in [0.1, 0.15) is 5.75 Å². The Labute approximate surface area is 181 Å². The van der Waals surface area contributed by atoms with Crippen molar-refractivity contribution < 1.29 is 14.1 Å². The highest BCUT2D eigenvalue weighted by molar-refractivity contribution is 5.91. The third-order valence-electron chi connectivity index (χ3n) is 5.39. The van der Waals surface area contributed by atoms with Gasteiger partial charge in [-0.15, -0.1) is 0 Å². The number of ether oxygens (including phenoxy) is 1. The molecule has 8 nitrogen and oxygen atoms in total. The Morgan fingerprint density at radius 3 is 3.03 bits per heavy atom. The van der Waals surface area contributed by atoms with Crippen molar-refractivity contribution in [2.24, 2.45) is 5.92 Å². The van der Waals surface area contributed by atoms with Crippen LogP contribution >= 0.6 is 0 Å². The zero-order valence-corrected chi connectivity index (χ0v) is 17.7. The molecule has 3 aromatic rings. The average Bonchev–Trinajstić information content (AvgIpc) is 3.29. The van der Waals surface area contributed by atoms with Gasteiger partial charge in [-0.3, -0.25) is 4.98 Å².